The van der Waals surface area contributed by atoms with Crippen LogP contribution in [-0.2, 0) is 11.3 Å². The van der Waals surface area contributed by atoms with Gasteiger partial charge >= 0.3 is 0 Å². The Labute approximate surface area is 122 Å². The van der Waals surface area contributed by atoms with Crippen LogP contribution in [0.15, 0.2) is 28.7 Å². The average Bonchev–Trinajstić information content (AvgIpc) is 2.93. The molecule has 3 rings (SSSR count). The summed E-state index contributed by atoms with van der Waals surface area (Å²) in [6, 6.07) is 9.38. The van der Waals surface area contributed by atoms with E-state index in [1.54, 1.807) is 7.11 Å². The predicted molar refractivity (Wildman–Crippen MR) is 81.5 cm³/mol. The van der Waals surface area contributed by atoms with Gasteiger partial charge in [0.2, 0.25) is 0 Å². The fraction of sp³-hybridized carbons (Fsp3) is 0.467. The number of likely N-dealkylation sites (N-methyl/N-ethyl adjacent to an activating group) is 1. The zero-order chi connectivity index (χ0) is 13.4. The van der Waals surface area contributed by atoms with E-state index in [-0.39, 0.29) is 0 Å². The Bertz CT molecular complexity index is 593. The second-order valence-electron chi connectivity index (χ2n) is 5.20. The highest BCUT2D eigenvalue weighted by molar-refractivity contribution is 9.10. The molecule has 0 unspecified atom stereocenters. The number of rotatable bonds is 4. The van der Waals surface area contributed by atoms with E-state index in [0.717, 1.165) is 24.2 Å². The number of benzene rings is 1. The van der Waals surface area contributed by atoms with E-state index in [4.69, 9.17) is 4.74 Å². The van der Waals surface area contributed by atoms with Crippen molar-refractivity contribution < 1.29 is 4.74 Å². The van der Waals surface area contributed by atoms with Crippen molar-refractivity contribution in [1.29, 1.82) is 0 Å². The molecule has 1 aromatic carbocycles. The van der Waals surface area contributed by atoms with Crippen LogP contribution < -0.4 is 0 Å². The second-order valence-corrected chi connectivity index (χ2v) is 6.12. The average molecular weight is 323 g/mol. The molecule has 19 heavy (non-hydrogen) atoms. The summed E-state index contributed by atoms with van der Waals surface area (Å²) in [5.74, 6) is 0. The maximum absolute atomic E-state index is 5.18. The first-order valence-corrected chi connectivity index (χ1v) is 7.48. The van der Waals surface area contributed by atoms with Crippen molar-refractivity contribution >= 4 is 26.8 Å². The highest BCUT2D eigenvalue weighted by atomic mass is 79.9. The van der Waals surface area contributed by atoms with Crippen LogP contribution in [0.4, 0.5) is 0 Å². The molecule has 0 fully saturated rings. The molecule has 2 aromatic rings. The number of hydrogen-bond donors (Lipinski definition) is 0. The monoisotopic (exact) mass is 322 g/mol. The summed E-state index contributed by atoms with van der Waals surface area (Å²) in [6.07, 6.45) is 1.20. The molecule has 0 amide bonds. The number of halogens is 1. The fourth-order valence-electron chi connectivity index (χ4n) is 3.03. The van der Waals surface area contributed by atoms with Gasteiger partial charge in [-0.1, -0.05) is 15.9 Å². The van der Waals surface area contributed by atoms with Crippen LogP contribution in [-0.4, -0.2) is 36.8 Å². The lowest BCUT2D eigenvalue weighted by molar-refractivity contribution is 0.138. The van der Waals surface area contributed by atoms with Crippen LogP contribution in [0.25, 0.3) is 10.9 Å². The van der Waals surface area contributed by atoms with Gasteiger partial charge in [-0.2, -0.15) is 0 Å². The maximum atomic E-state index is 5.18. The van der Waals surface area contributed by atoms with E-state index in [1.807, 2.05) is 0 Å². The molecule has 102 valence electrons. The molecule has 0 N–H and O–H groups in total. The van der Waals surface area contributed by atoms with E-state index in [9.17, 15) is 0 Å². The number of hydrogen-bond acceptors (Lipinski definition) is 2. The van der Waals surface area contributed by atoms with E-state index in [1.165, 1.54) is 23.0 Å². The van der Waals surface area contributed by atoms with Gasteiger partial charge in [0.05, 0.1) is 12.6 Å². The van der Waals surface area contributed by atoms with Crippen LogP contribution in [0.2, 0.25) is 0 Å². The molecule has 0 radical (unpaired) electrons. The van der Waals surface area contributed by atoms with E-state index < -0.39 is 0 Å². The zero-order valence-corrected chi connectivity index (χ0v) is 13.0. The minimum Gasteiger partial charge on any atom is -0.383 e. The smallest absolute Gasteiger partial charge is 0.0589 e. The molecule has 0 bridgehead atoms. The molecule has 3 nitrogen and oxygen atoms in total. The topological polar surface area (TPSA) is 17.4 Å². The lowest BCUT2D eigenvalue weighted by atomic mass is 10.1. The summed E-state index contributed by atoms with van der Waals surface area (Å²) in [4.78, 5) is 2.40. The molecule has 2 heterocycles. The Morgan fingerprint density at radius 1 is 1.42 bits per heavy atom. The van der Waals surface area contributed by atoms with Crippen LogP contribution in [0.1, 0.15) is 18.2 Å². The third-order valence-electron chi connectivity index (χ3n) is 4.04. The van der Waals surface area contributed by atoms with Crippen LogP contribution >= 0.6 is 15.9 Å². The molecule has 0 aliphatic carbocycles. The quantitative estimate of drug-likeness (QED) is 0.858. The third kappa shape index (κ3) is 2.33. The molecule has 4 heteroatoms. The van der Waals surface area contributed by atoms with Crippen LogP contribution in [0.3, 0.4) is 0 Å². The van der Waals surface area contributed by atoms with E-state index >= 15 is 0 Å². The Morgan fingerprint density at radius 3 is 3.05 bits per heavy atom. The number of aryl methyl sites for hydroxylation is 1. The first-order valence-electron chi connectivity index (χ1n) is 6.68. The van der Waals surface area contributed by atoms with E-state index in [2.05, 4.69) is 56.7 Å². The highest BCUT2D eigenvalue weighted by Crippen LogP contribution is 2.36. The molecule has 0 saturated carbocycles. The minimum atomic E-state index is 0.515. The summed E-state index contributed by atoms with van der Waals surface area (Å²) in [5.41, 5.74) is 2.78. The van der Waals surface area contributed by atoms with Crippen molar-refractivity contribution in [2.75, 3.05) is 27.3 Å². The summed E-state index contributed by atoms with van der Waals surface area (Å²) in [6.45, 7) is 2.88. The molecule has 0 saturated heterocycles. The minimum absolute atomic E-state index is 0.515. The van der Waals surface area contributed by atoms with Gasteiger partial charge in [0, 0.05) is 41.3 Å². The summed E-state index contributed by atoms with van der Waals surface area (Å²) >= 11 is 3.55. The standard InChI is InChI=1S/C15H19BrN2O/c1-17(7-8-19-2)14-5-6-18-13-4-3-12(16)9-11(13)10-15(14)18/h3-4,9-10,14H,5-8H2,1-2H3/t14-/m1/s1. The largest absolute Gasteiger partial charge is 0.383 e. The molecule has 1 atom stereocenters. The van der Waals surface area contributed by atoms with Crippen molar-refractivity contribution in [2.45, 2.75) is 19.0 Å². The fourth-order valence-corrected chi connectivity index (χ4v) is 3.40. The van der Waals surface area contributed by atoms with Crippen molar-refractivity contribution in [1.82, 2.24) is 9.47 Å². The van der Waals surface area contributed by atoms with Gasteiger partial charge in [0.1, 0.15) is 0 Å². The van der Waals surface area contributed by atoms with Crippen molar-refractivity contribution in [3.8, 4) is 0 Å². The SMILES string of the molecule is COCCN(C)[C@@H]1CCn2c1cc1cc(Br)ccc12. The number of ether oxygens (including phenoxy) is 1. The molecule has 0 spiro atoms. The Morgan fingerprint density at radius 2 is 2.26 bits per heavy atom. The number of methoxy groups -OCH3 is 1. The first-order chi connectivity index (χ1) is 9.20. The molecule has 1 aliphatic rings. The lowest BCUT2D eigenvalue weighted by Gasteiger charge is -2.23. The molecule has 1 aliphatic heterocycles. The Kier molecular flexibility index (Phi) is 3.65. The highest BCUT2D eigenvalue weighted by Gasteiger charge is 2.27. The van der Waals surface area contributed by atoms with Gasteiger partial charge < -0.3 is 9.30 Å². The molecular weight excluding hydrogens is 304 g/mol. The van der Waals surface area contributed by atoms with Crippen molar-refractivity contribution in [3.63, 3.8) is 0 Å². The summed E-state index contributed by atoms with van der Waals surface area (Å²) < 4.78 is 8.78. The van der Waals surface area contributed by atoms with Gasteiger partial charge in [0.25, 0.3) is 0 Å². The Balaban J connectivity index is 1.93. The van der Waals surface area contributed by atoms with Gasteiger partial charge in [-0.05, 0) is 37.7 Å². The maximum Gasteiger partial charge on any atom is 0.0589 e. The van der Waals surface area contributed by atoms with Gasteiger partial charge in [0.15, 0.2) is 0 Å². The lowest BCUT2D eigenvalue weighted by Crippen LogP contribution is -2.26. The molecular formula is C15H19BrN2O. The van der Waals surface area contributed by atoms with E-state index in [0.29, 0.717) is 6.04 Å². The van der Waals surface area contributed by atoms with Crippen LogP contribution in [0, 0.1) is 0 Å². The summed E-state index contributed by atoms with van der Waals surface area (Å²) in [7, 11) is 3.95. The summed E-state index contributed by atoms with van der Waals surface area (Å²) in [5, 5.41) is 1.33. The normalized spacial score (nSPS) is 18.4. The van der Waals surface area contributed by atoms with Crippen molar-refractivity contribution in [3.05, 3.63) is 34.4 Å². The zero-order valence-electron chi connectivity index (χ0n) is 11.4. The van der Waals surface area contributed by atoms with Gasteiger partial charge in [-0.3, -0.25) is 4.90 Å². The predicted octanol–water partition coefficient (Wildman–Crippen LogP) is 3.43. The van der Waals surface area contributed by atoms with Gasteiger partial charge in [-0.15, -0.1) is 0 Å². The van der Waals surface area contributed by atoms with Crippen LogP contribution in [0.5, 0.6) is 0 Å². The second kappa shape index (κ2) is 5.27. The number of nitrogens with zero attached hydrogens (tertiary/aromatic N) is 2. The first kappa shape index (κ1) is 13.2. The van der Waals surface area contributed by atoms with Gasteiger partial charge in [-0.25, -0.2) is 0 Å². The number of fused-ring (bicyclic) bond motifs is 3. The Hall–Kier alpha value is -0.840. The third-order valence-corrected chi connectivity index (χ3v) is 4.54. The number of aromatic nitrogens is 1. The molecule has 1 aromatic heterocycles. The van der Waals surface area contributed by atoms with Crippen molar-refractivity contribution in [2.24, 2.45) is 0 Å².